The van der Waals surface area contributed by atoms with Crippen molar-refractivity contribution in [1.29, 1.82) is 0 Å². The fourth-order valence-corrected chi connectivity index (χ4v) is 2.69. The van der Waals surface area contributed by atoms with E-state index in [1.165, 1.54) is 12.1 Å². The van der Waals surface area contributed by atoms with Crippen molar-refractivity contribution >= 4 is 16.8 Å². The fraction of sp³-hybridized carbons (Fsp3) is 0.211. The number of hydrogen-bond donors (Lipinski definition) is 2. The highest BCUT2D eigenvalue weighted by molar-refractivity contribution is 6.00. The molecule has 3 rings (SSSR count). The van der Waals surface area contributed by atoms with Crippen LogP contribution in [0.1, 0.15) is 29.0 Å². The number of nitrogens with one attached hydrogen (secondary N) is 2. The van der Waals surface area contributed by atoms with Gasteiger partial charge in [0.05, 0.1) is 25.8 Å². The van der Waals surface area contributed by atoms with Crippen molar-refractivity contribution in [3.63, 3.8) is 0 Å². The number of ether oxygens (including phenoxy) is 2. The van der Waals surface area contributed by atoms with Crippen molar-refractivity contribution in [3.05, 3.63) is 59.5 Å². The van der Waals surface area contributed by atoms with E-state index in [-0.39, 0.29) is 17.8 Å². The quantitative estimate of drug-likeness (QED) is 0.741. The predicted octanol–water partition coefficient (Wildman–Crippen LogP) is 3.82. The molecule has 0 fully saturated rings. The standard InChI is InChI=1S/C19H19FN2O3/c1-11(12-4-6-14(20)7-5-12)21-19(23)16-9-13-8-15(24-2)10-17(25-3)18(13)22-16/h4-11,22H,1-3H3,(H,21,23). The van der Waals surface area contributed by atoms with E-state index in [0.29, 0.717) is 17.2 Å². The summed E-state index contributed by atoms with van der Waals surface area (Å²) in [6.45, 7) is 1.84. The zero-order valence-electron chi connectivity index (χ0n) is 14.2. The summed E-state index contributed by atoms with van der Waals surface area (Å²) in [5.41, 5.74) is 1.96. The number of aromatic amines is 1. The maximum Gasteiger partial charge on any atom is 0.268 e. The van der Waals surface area contributed by atoms with E-state index in [9.17, 15) is 9.18 Å². The lowest BCUT2D eigenvalue weighted by atomic mass is 10.1. The fourth-order valence-electron chi connectivity index (χ4n) is 2.69. The van der Waals surface area contributed by atoms with Gasteiger partial charge in [0.1, 0.15) is 23.0 Å². The largest absolute Gasteiger partial charge is 0.497 e. The molecular weight excluding hydrogens is 323 g/mol. The number of rotatable bonds is 5. The Hall–Kier alpha value is -3.02. The lowest BCUT2D eigenvalue weighted by Crippen LogP contribution is -2.26. The lowest BCUT2D eigenvalue weighted by Gasteiger charge is -2.13. The molecule has 0 aliphatic rings. The van der Waals surface area contributed by atoms with E-state index in [1.54, 1.807) is 38.5 Å². The Balaban J connectivity index is 1.85. The third-order valence-corrected chi connectivity index (χ3v) is 4.08. The molecular formula is C19H19FN2O3. The highest BCUT2D eigenvalue weighted by Gasteiger charge is 2.16. The Morgan fingerprint density at radius 3 is 2.48 bits per heavy atom. The van der Waals surface area contributed by atoms with Gasteiger partial charge in [0.15, 0.2) is 0 Å². The van der Waals surface area contributed by atoms with Crippen LogP contribution in [0.5, 0.6) is 11.5 Å². The molecule has 0 aliphatic carbocycles. The van der Waals surface area contributed by atoms with Crippen molar-refractivity contribution in [1.82, 2.24) is 10.3 Å². The van der Waals surface area contributed by atoms with E-state index in [1.807, 2.05) is 13.0 Å². The van der Waals surface area contributed by atoms with Crippen LogP contribution in [0.4, 0.5) is 4.39 Å². The number of carbonyl (C=O) groups is 1. The van der Waals surface area contributed by atoms with Crippen molar-refractivity contribution in [2.45, 2.75) is 13.0 Å². The average molecular weight is 342 g/mol. The highest BCUT2D eigenvalue weighted by Crippen LogP contribution is 2.31. The van der Waals surface area contributed by atoms with Crippen LogP contribution in [0.3, 0.4) is 0 Å². The van der Waals surface area contributed by atoms with Crippen LogP contribution in [0.15, 0.2) is 42.5 Å². The zero-order chi connectivity index (χ0) is 18.0. The topological polar surface area (TPSA) is 63.4 Å². The van der Waals surface area contributed by atoms with E-state index < -0.39 is 0 Å². The number of carbonyl (C=O) groups excluding carboxylic acids is 1. The second-order valence-corrected chi connectivity index (χ2v) is 5.72. The third-order valence-electron chi connectivity index (χ3n) is 4.08. The third kappa shape index (κ3) is 3.42. The maximum absolute atomic E-state index is 13.0. The van der Waals surface area contributed by atoms with E-state index in [4.69, 9.17) is 9.47 Å². The molecule has 0 spiro atoms. The number of fused-ring (bicyclic) bond motifs is 1. The molecule has 0 bridgehead atoms. The summed E-state index contributed by atoms with van der Waals surface area (Å²) in [5, 5.41) is 3.71. The molecule has 1 amide bonds. The molecule has 6 heteroatoms. The Morgan fingerprint density at radius 2 is 1.84 bits per heavy atom. The van der Waals surface area contributed by atoms with Crippen LogP contribution in [0.25, 0.3) is 10.9 Å². The number of aromatic nitrogens is 1. The zero-order valence-corrected chi connectivity index (χ0v) is 14.2. The van der Waals surface area contributed by atoms with Gasteiger partial charge in [-0.25, -0.2) is 4.39 Å². The number of amides is 1. The van der Waals surface area contributed by atoms with Crippen LogP contribution in [-0.4, -0.2) is 25.1 Å². The van der Waals surface area contributed by atoms with Gasteiger partial charge in [0.2, 0.25) is 0 Å². The van der Waals surface area contributed by atoms with Gasteiger partial charge < -0.3 is 19.8 Å². The average Bonchev–Trinajstić information content (AvgIpc) is 3.05. The molecule has 0 aliphatic heterocycles. The van der Waals surface area contributed by atoms with Crippen molar-refractivity contribution < 1.29 is 18.7 Å². The second-order valence-electron chi connectivity index (χ2n) is 5.72. The summed E-state index contributed by atoms with van der Waals surface area (Å²) in [5.74, 6) is 0.683. The minimum Gasteiger partial charge on any atom is -0.497 e. The molecule has 1 atom stereocenters. The molecule has 0 saturated heterocycles. The molecule has 130 valence electrons. The smallest absolute Gasteiger partial charge is 0.268 e. The van der Waals surface area contributed by atoms with Crippen LogP contribution >= 0.6 is 0 Å². The number of hydrogen-bond acceptors (Lipinski definition) is 3. The number of methoxy groups -OCH3 is 2. The molecule has 2 N–H and O–H groups in total. The summed E-state index contributed by atoms with van der Waals surface area (Å²) in [7, 11) is 3.14. The normalized spacial score (nSPS) is 12.0. The molecule has 1 aromatic heterocycles. The molecule has 0 saturated carbocycles. The molecule has 25 heavy (non-hydrogen) atoms. The lowest BCUT2D eigenvalue weighted by molar-refractivity contribution is 0.0935. The summed E-state index contributed by atoms with van der Waals surface area (Å²) < 4.78 is 23.6. The second kappa shape index (κ2) is 6.84. The number of H-pyrrole nitrogens is 1. The molecule has 3 aromatic rings. The van der Waals surface area contributed by atoms with Gasteiger partial charge in [-0.15, -0.1) is 0 Å². The first kappa shape index (κ1) is 16.8. The highest BCUT2D eigenvalue weighted by atomic mass is 19.1. The molecule has 1 unspecified atom stereocenters. The number of halogens is 1. The van der Waals surface area contributed by atoms with E-state index >= 15 is 0 Å². The molecule has 1 heterocycles. The minimum atomic E-state index is -0.307. The van der Waals surface area contributed by atoms with Crippen LogP contribution in [0.2, 0.25) is 0 Å². The summed E-state index contributed by atoms with van der Waals surface area (Å²) in [4.78, 5) is 15.6. The molecule has 5 nitrogen and oxygen atoms in total. The SMILES string of the molecule is COc1cc(OC)c2[nH]c(C(=O)NC(C)c3ccc(F)cc3)cc2c1. The Labute approximate surface area is 144 Å². The molecule has 2 aromatic carbocycles. The van der Waals surface area contributed by atoms with Crippen molar-refractivity contribution in [2.75, 3.05) is 14.2 Å². The maximum atomic E-state index is 13.0. The van der Waals surface area contributed by atoms with Gasteiger partial charge in [-0.3, -0.25) is 4.79 Å². The van der Waals surface area contributed by atoms with Crippen molar-refractivity contribution in [2.24, 2.45) is 0 Å². The van der Waals surface area contributed by atoms with Gasteiger partial charge in [0, 0.05) is 11.5 Å². The van der Waals surface area contributed by atoms with Crippen LogP contribution < -0.4 is 14.8 Å². The summed E-state index contributed by atoms with van der Waals surface area (Å²) >= 11 is 0. The summed E-state index contributed by atoms with van der Waals surface area (Å²) in [6.07, 6.45) is 0. The Kier molecular flexibility index (Phi) is 4.61. The van der Waals surface area contributed by atoms with Gasteiger partial charge >= 0.3 is 0 Å². The monoisotopic (exact) mass is 342 g/mol. The van der Waals surface area contributed by atoms with Crippen molar-refractivity contribution in [3.8, 4) is 11.5 Å². The molecule has 0 radical (unpaired) electrons. The van der Waals surface area contributed by atoms with Gasteiger partial charge in [-0.1, -0.05) is 12.1 Å². The first-order chi connectivity index (χ1) is 12.0. The number of benzene rings is 2. The minimum absolute atomic E-state index is 0.254. The van der Waals surface area contributed by atoms with Crippen LogP contribution in [-0.2, 0) is 0 Å². The van der Waals surface area contributed by atoms with Gasteiger partial charge in [-0.05, 0) is 36.8 Å². The Morgan fingerprint density at radius 1 is 1.12 bits per heavy atom. The van der Waals surface area contributed by atoms with E-state index in [0.717, 1.165) is 16.5 Å². The first-order valence-corrected chi connectivity index (χ1v) is 7.83. The van der Waals surface area contributed by atoms with E-state index in [2.05, 4.69) is 10.3 Å². The Bertz CT molecular complexity index is 903. The van der Waals surface area contributed by atoms with Gasteiger partial charge in [-0.2, -0.15) is 0 Å². The predicted molar refractivity (Wildman–Crippen MR) is 93.7 cm³/mol. The van der Waals surface area contributed by atoms with Crippen LogP contribution in [0, 0.1) is 5.82 Å². The first-order valence-electron chi connectivity index (χ1n) is 7.83. The van der Waals surface area contributed by atoms with Gasteiger partial charge in [0.25, 0.3) is 5.91 Å². The summed E-state index contributed by atoms with van der Waals surface area (Å²) in [6, 6.07) is 11.1.